The summed E-state index contributed by atoms with van der Waals surface area (Å²) in [6, 6.07) is 28.2. The van der Waals surface area contributed by atoms with E-state index in [0.717, 1.165) is 28.0 Å². The number of rotatable bonds is 11. The van der Waals surface area contributed by atoms with E-state index in [1.54, 1.807) is 23.5 Å². The van der Waals surface area contributed by atoms with Crippen LogP contribution in [0.15, 0.2) is 95.5 Å². The molecule has 1 heterocycles. The second kappa shape index (κ2) is 12.0. The van der Waals surface area contributed by atoms with Gasteiger partial charge in [-0.3, -0.25) is 4.79 Å². The van der Waals surface area contributed by atoms with Crippen LogP contribution in [0.2, 0.25) is 0 Å². The van der Waals surface area contributed by atoms with Crippen LogP contribution in [0, 0.1) is 6.92 Å². The molecule has 1 aromatic heterocycles. The van der Waals surface area contributed by atoms with Crippen LogP contribution in [0.25, 0.3) is 11.1 Å². The van der Waals surface area contributed by atoms with Gasteiger partial charge in [-0.15, -0.1) is 11.3 Å². The summed E-state index contributed by atoms with van der Waals surface area (Å²) in [6.07, 6.45) is 0.651. The maximum atomic E-state index is 11.0. The summed E-state index contributed by atoms with van der Waals surface area (Å²) in [6.45, 7) is 2.45. The van der Waals surface area contributed by atoms with E-state index in [0.29, 0.717) is 18.8 Å². The molecule has 0 saturated heterocycles. The Hall–Kier alpha value is -3.90. The molecule has 0 amide bonds. The molecule has 0 bridgehead atoms. The number of aliphatic carboxylic acids is 1. The topological polar surface area (TPSA) is 68.1 Å². The van der Waals surface area contributed by atoms with Crippen molar-refractivity contribution in [1.82, 2.24) is 0 Å². The van der Waals surface area contributed by atoms with Gasteiger partial charge >= 0.3 is 5.97 Å². The molecule has 0 saturated carbocycles. The van der Waals surface area contributed by atoms with Crippen molar-refractivity contribution in [2.45, 2.75) is 19.8 Å². The summed E-state index contributed by atoms with van der Waals surface area (Å²) in [5.74, 6) is -0.204. The van der Waals surface area contributed by atoms with E-state index in [1.807, 2.05) is 37.3 Å². The molecule has 0 aliphatic heterocycles. The summed E-state index contributed by atoms with van der Waals surface area (Å²) in [4.78, 5) is 17.9. The highest BCUT2D eigenvalue weighted by Crippen LogP contribution is 2.23. The van der Waals surface area contributed by atoms with E-state index in [9.17, 15) is 4.79 Å². The van der Waals surface area contributed by atoms with Crippen LogP contribution in [0.3, 0.4) is 0 Å². The van der Waals surface area contributed by atoms with Crippen LogP contribution in [0.5, 0.6) is 5.75 Å². The minimum atomic E-state index is -0.863. The van der Waals surface area contributed by atoms with E-state index in [1.165, 1.54) is 10.4 Å². The lowest BCUT2D eigenvalue weighted by Gasteiger charge is -2.12. The summed E-state index contributed by atoms with van der Waals surface area (Å²) in [5, 5.41) is 15.6. The van der Waals surface area contributed by atoms with Crippen LogP contribution < -0.4 is 4.74 Å². The monoisotopic (exact) mass is 485 g/mol. The van der Waals surface area contributed by atoms with Crippen molar-refractivity contribution in [3.05, 3.63) is 112 Å². The molecule has 4 aromatic rings. The molecule has 5 nitrogen and oxygen atoms in total. The van der Waals surface area contributed by atoms with E-state index in [2.05, 4.69) is 53.0 Å². The number of carbonyl (C=O) groups is 1. The molecule has 3 aromatic carbocycles. The second-order valence-electron chi connectivity index (χ2n) is 8.03. The first-order valence-corrected chi connectivity index (χ1v) is 12.3. The van der Waals surface area contributed by atoms with Gasteiger partial charge < -0.3 is 14.7 Å². The lowest BCUT2D eigenvalue weighted by molar-refractivity contribution is -0.136. The van der Waals surface area contributed by atoms with Gasteiger partial charge in [-0.1, -0.05) is 78.0 Å². The molecular weight excluding hydrogens is 458 g/mol. The molecule has 0 aliphatic rings. The van der Waals surface area contributed by atoms with Crippen LogP contribution in [0.4, 0.5) is 0 Å². The maximum Gasteiger partial charge on any atom is 0.307 e. The Kier molecular flexibility index (Phi) is 8.30. The van der Waals surface area contributed by atoms with Crippen LogP contribution in [0.1, 0.15) is 21.6 Å². The Morgan fingerprint density at radius 2 is 1.63 bits per heavy atom. The smallest absolute Gasteiger partial charge is 0.307 e. The molecule has 0 fully saturated rings. The fraction of sp³-hybridized carbons (Fsp3) is 0.172. The largest absolute Gasteiger partial charge is 0.490 e. The van der Waals surface area contributed by atoms with Gasteiger partial charge in [0.2, 0.25) is 0 Å². The van der Waals surface area contributed by atoms with Crippen molar-refractivity contribution >= 4 is 23.0 Å². The molecule has 178 valence electrons. The number of ether oxygens (including phenoxy) is 1. The SMILES string of the molecule is Cc1c(CC(=O)O)cccc1OCCO/N=C(\Cc1cccs1)c1ccc(-c2ccccc2)cc1. The molecule has 0 atom stereocenters. The first kappa shape index (κ1) is 24.2. The number of hydrogen-bond acceptors (Lipinski definition) is 5. The molecule has 0 radical (unpaired) electrons. The van der Waals surface area contributed by atoms with Gasteiger partial charge in [0.15, 0.2) is 6.61 Å². The Morgan fingerprint density at radius 1 is 0.857 bits per heavy atom. The quantitative estimate of drug-likeness (QED) is 0.152. The average Bonchev–Trinajstić information content (AvgIpc) is 3.39. The number of carboxylic acids is 1. The van der Waals surface area contributed by atoms with Gasteiger partial charge in [0, 0.05) is 11.3 Å². The summed E-state index contributed by atoms with van der Waals surface area (Å²) in [7, 11) is 0. The lowest BCUT2D eigenvalue weighted by atomic mass is 10.0. The number of carboxylic acid groups (broad SMARTS) is 1. The fourth-order valence-corrected chi connectivity index (χ4v) is 4.44. The number of benzene rings is 3. The molecule has 0 aliphatic carbocycles. The summed E-state index contributed by atoms with van der Waals surface area (Å²) >= 11 is 1.69. The van der Waals surface area contributed by atoms with Crippen LogP contribution >= 0.6 is 11.3 Å². The van der Waals surface area contributed by atoms with Gasteiger partial charge in [0.1, 0.15) is 12.4 Å². The van der Waals surface area contributed by atoms with E-state index in [-0.39, 0.29) is 13.0 Å². The van der Waals surface area contributed by atoms with Crippen LogP contribution in [-0.4, -0.2) is 30.0 Å². The fourth-order valence-electron chi connectivity index (χ4n) is 3.73. The minimum absolute atomic E-state index is 0.0288. The third-order valence-corrected chi connectivity index (χ3v) is 6.47. The van der Waals surface area contributed by atoms with Crippen LogP contribution in [-0.2, 0) is 22.5 Å². The average molecular weight is 486 g/mol. The van der Waals surface area contributed by atoms with Gasteiger partial charge in [0.25, 0.3) is 0 Å². The van der Waals surface area contributed by atoms with E-state index in [4.69, 9.17) is 14.7 Å². The van der Waals surface area contributed by atoms with Crippen molar-refractivity contribution in [3.8, 4) is 16.9 Å². The van der Waals surface area contributed by atoms with Gasteiger partial charge in [0.05, 0.1) is 12.1 Å². The first-order valence-electron chi connectivity index (χ1n) is 11.4. The zero-order valence-corrected chi connectivity index (χ0v) is 20.3. The molecule has 4 rings (SSSR count). The van der Waals surface area contributed by atoms with E-state index >= 15 is 0 Å². The van der Waals surface area contributed by atoms with Crippen molar-refractivity contribution < 1.29 is 19.5 Å². The predicted molar refractivity (Wildman–Crippen MR) is 140 cm³/mol. The molecule has 0 spiro atoms. The molecular formula is C29H27NO4S. The Bertz CT molecular complexity index is 1270. The number of nitrogens with zero attached hydrogens (tertiary/aromatic N) is 1. The van der Waals surface area contributed by atoms with E-state index < -0.39 is 5.97 Å². The third-order valence-electron chi connectivity index (χ3n) is 5.59. The Balaban J connectivity index is 1.41. The Morgan fingerprint density at radius 3 is 2.34 bits per heavy atom. The highest BCUT2D eigenvalue weighted by molar-refractivity contribution is 7.10. The number of hydrogen-bond donors (Lipinski definition) is 1. The standard InChI is InChI=1S/C29H27NO4S/c1-21-25(19-29(31)32)9-5-11-28(21)33-16-17-34-30-27(20-26-10-6-18-35-26)24-14-12-23(13-15-24)22-7-3-2-4-8-22/h2-15,18H,16-17,19-20H2,1H3,(H,31,32)/b30-27+. The Labute approximate surface area is 209 Å². The lowest BCUT2D eigenvalue weighted by Crippen LogP contribution is -2.10. The van der Waals surface area contributed by atoms with Gasteiger partial charge in [-0.25, -0.2) is 0 Å². The molecule has 1 N–H and O–H groups in total. The normalized spacial score (nSPS) is 11.3. The molecule has 35 heavy (non-hydrogen) atoms. The first-order chi connectivity index (χ1) is 17.1. The minimum Gasteiger partial charge on any atom is -0.490 e. The van der Waals surface area contributed by atoms with Crippen molar-refractivity contribution in [1.29, 1.82) is 0 Å². The highest BCUT2D eigenvalue weighted by atomic mass is 32.1. The van der Waals surface area contributed by atoms with Crippen molar-refractivity contribution in [2.75, 3.05) is 13.2 Å². The predicted octanol–water partition coefficient (Wildman–Crippen LogP) is 6.39. The second-order valence-corrected chi connectivity index (χ2v) is 9.06. The zero-order valence-electron chi connectivity index (χ0n) is 19.5. The number of oxime groups is 1. The summed E-state index contributed by atoms with van der Waals surface area (Å²) in [5.41, 5.74) is 5.76. The maximum absolute atomic E-state index is 11.0. The highest BCUT2D eigenvalue weighted by Gasteiger charge is 2.10. The number of thiophene rings is 1. The van der Waals surface area contributed by atoms with Gasteiger partial charge in [-0.05, 0) is 52.3 Å². The van der Waals surface area contributed by atoms with Crippen molar-refractivity contribution in [3.63, 3.8) is 0 Å². The summed E-state index contributed by atoms with van der Waals surface area (Å²) < 4.78 is 5.83. The zero-order chi connectivity index (χ0) is 24.5. The third kappa shape index (κ3) is 6.80. The molecule has 0 unspecified atom stereocenters. The van der Waals surface area contributed by atoms with Crippen molar-refractivity contribution in [2.24, 2.45) is 5.16 Å². The molecule has 6 heteroatoms. The van der Waals surface area contributed by atoms with Gasteiger partial charge in [-0.2, -0.15) is 0 Å².